The Hall–Kier alpha value is -2.00. The first-order valence-electron chi connectivity index (χ1n) is 3.89. The van der Waals surface area contributed by atoms with Gasteiger partial charge in [0, 0.05) is 6.20 Å². The monoisotopic (exact) mass is 258 g/mol. The summed E-state index contributed by atoms with van der Waals surface area (Å²) in [4.78, 5) is 11.9. The SMILES string of the molecule is O=[N+]([O-])c1c(C(F)F)ccnc1OC(F)(F)F. The molecule has 0 aliphatic heterocycles. The van der Waals surface area contributed by atoms with Crippen LogP contribution in [0, 0.1) is 10.1 Å². The number of nitrogens with zero attached hydrogens (tertiary/aromatic N) is 2. The van der Waals surface area contributed by atoms with E-state index in [1.165, 1.54) is 0 Å². The molecule has 0 bridgehead atoms. The average Bonchev–Trinajstić information content (AvgIpc) is 2.14. The molecule has 0 saturated carbocycles. The van der Waals surface area contributed by atoms with Crippen molar-refractivity contribution in [3.05, 3.63) is 27.9 Å². The molecule has 10 heteroatoms. The van der Waals surface area contributed by atoms with Gasteiger partial charge in [0.25, 0.3) is 6.43 Å². The Kier molecular flexibility index (Phi) is 3.44. The summed E-state index contributed by atoms with van der Waals surface area (Å²) in [7, 11) is 0. The van der Waals surface area contributed by atoms with Gasteiger partial charge in [-0.2, -0.15) is 0 Å². The number of nitro groups is 1. The molecule has 0 spiro atoms. The van der Waals surface area contributed by atoms with Crippen molar-refractivity contribution >= 4 is 5.69 Å². The summed E-state index contributed by atoms with van der Waals surface area (Å²) >= 11 is 0. The highest BCUT2D eigenvalue weighted by Gasteiger charge is 2.37. The lowest BCUT2D eigenvalue weighted by molar-refractivity contribution is -0.390. The quantitative estimate of drug-likeness (QED) is 0.475. The van der Waals surface area contributed by atoms with E-state index in [1.54, 1.807) is 0 Å². The van der Waals surface area contributed by atoms with Crippen LogP contribution < -0.4 is 4.74 Å². The molecule has 0 aliphatic rings. The number of pyridine rings is 1. The van der Waals surface area contributed by atoms with Crippen LogP contribution in [0.3, 0.4) is 0 Å². The molecule has 17 heavy (non-hydrogen) atoms. The summed E-state index contributed by atoms with van der Waals surface area (Å²) in [5.41, 5.74) is -2.69. The molecule has 0 unspecified atom stereocenters. The molecule has 1 aromatic rings. The van der Waals surface area contributed by atoms with Crippen LogP contribution in [-0.2, 0) is 0 Å². The van der Waals surface area contributed by atoms with E-state index in [9.17, 15) is 32.1 Å². The third kappa shape index (κ3) is 3.23. The molecule has 1 heterocycles. The third-order valence-electron chi connectivity index (χ3n) is 1.55. The Labute approximate surface area is 90.0 Å². The molecular weight excluding hydrogens is 255 g/mol. The van der Waals surface area contributed by atoms with Crippen LogP contribution in [0.5, 0.6) is 5.88 Å². The van der Waals surface area contributed by atoms with Crippen LogP contribution >= 0.6 is 0 Å². The van der Waals surface area contributed by atoms with Crippen LogP contribution in [0.4, 0.5) is 27.6 Å². The predicted molar refractivity (Wildman–Crippen MR) is 42.5 cm³/mol. The Balaban J connectivity index is 3.30. The van der Waals surface area contributed by atoms with E-state index < -0.39 is 34.8 Å². The normalized spacial score (nSPS) is 11.6. The lowest BCUT2D eigenvalue weighted by Crippen LogP contribution is -2.19. The zero-order chi connectivity index (χ0) is 13.2. The molecule has 1 rings (SSSR count). The maximum absolute atomic E-state index is 12.3. The van der Waals surface area contributed by atoms with Crippen molar-refractivity contribution in [3.63, 3.8) is 0 Å². The molecule has 0 fully saturated rings. The number of rotatable bonds is 3. The highest BCUT2D eigenvalue weighted by molar-refractivity contribution is 5.48. The van der Waals surface area contributed by atoms with Crippen LogP contribution in [0.1, 0.15) is 12.0 Å². The Morgan fingerprint density at radius 1 is 1.41 bits per heavy atom. The second-order valence-corrected chi connectivity index (χ2v) is 2.66. The van der Waals surface area contributed by atoms with Gasteiger partial charge in [-0.05, 0) is 6.07 Å². The van der Waals surface area contributed by atoms with E-state index in [1.807, 2.05) is 0 Å². The maximum atomic E-state index is 12.3. The van der Waals surface area contributed by atoms with Crippen molar-refractivity contribution in [1.29, 1.82) is 0 Å². The predicted octanol–water partition coefficient (Wildman–Crippen LogP) is 2.83. The summed E-state index contributed by atoms with van der Waals surface area (Å²) in [6, 6.07) is 0.548. The molecule has 0 atom stereocenters. The highest BCUT2D eigenvalue weighted by Crippen LogP contribution is 2.36. The van der Waals surface area contributed by atoms with Gasteiger partial charge in [0.05, 0.1) is 4.92 Å². The fourth-order valence-electron chi connectivity index (χ4n) is 0.993. The van der Waals surface area contributed by atoms with Crippen LogP contribution in [0.15, 0.2) is 12.3 Å². The topological polar surface area (TPSA) is 65.3 Å². The van der Waals surface area contributed by atoms with E-state index in [2.05, 4.69) is 9.72 Å². The molecule has 5 nitrogen and oxygen atoms in total. The lowest BCUT2D eigenvalue weighted by Gasteiger charge is -2.09. The minimum absolute atomic E-state index is 0.548. The zero-order valence-corrected chi connectivity index (χ0v) is 7.74. The Morgan fingerprint density at radius 2 is 2.00 bits per heavy atom. The average molecular weight is 258 g/mol. The molecule has 0 aromatic carbocycles. The van der Waals surface area contributed by atoms with Crippen molar-refractivity contribution in [2.24, 2.45) is 0 Å². The first kappa shape index (κ1) is 13.1. The molecule has 0 N–H and O–H groups in total. The largest absolute Gasteiger partial charge is 0.574 e. The number of halogens is 5. The smallest absolute Gasteiger partial charge is 0.381 e. The molecule has 1 aromatic heterocycles. The van der Waals surface area contributed by atoms with Crippen LogP contribution in [0.2, 0.25) is 0 Å². The van der Waals surface area contributed by atoms with E-state index in [0.717, 1.165) is 0 Å². The van der Waals surface area contributed by atoms with E-state index in [4.69, 9.17) is 0 Å². The van der Waals surface area contributed by atoms with Crippen molar-refractivity contribution in [3.8, 4) is 5.88 Å². The second kappa shape index (κ2) is 4.47. The maximum Gasteiger partial charge on any atom is 0.574 e. The first-order valence-corrected chi connectivity index (χ1v) is 3.89. The van der Waals surface area contributed by atoms with E-state index in [-0.39, 0.29) is 0 Å². The van der Waals surface area contributed by atoms with E-state index >= 15 is 0 Å². The first-order chi connectivity index (χ1) is 7.72. The van der Waals surface area contributed by atoms with Gasteiger partial charge in [0.15, 0.2) is 0 Å². The number of hydrogen-bond acceptors (Lipinski definition) is 4. The fraction of sp³-hybridized carbons (Fsp3) is 0.286. The van der Waals surface area contributed by atoms with Gasteiger partial charge in [-0.1, -0.05) is 0 Å². The second-order valence-electron chi connectivity index (χ2n) is 2.66. The Morgan fingerprint density at radius 3 is 2.41 bits per heavy atom. The summed E-state index contributed by atoms with van der Waals surface area (Å²) in [5.74, 6) is -1.51. The van der Waals surface area contributed by atoms with Gasteiger partial charge in [-0.3, -0.25) is 10.1 Å². The number of ether oxygens (including phenoxy) is 1. The van der Waals surface area contributed by atoms with Gasteiger partial charge < -0.3 is 4.74 Å². The number of hydrogen-bond donors (Lipinski definition) is 0. The van der Waals surface area contributed by atoms with Gasteiger partial charge in [-0.15, -0.1) is 13.2 Å². The summed E-state index contributed by atoms with van der Waals surface area (Å²) in [6.45, 7) is 0. The molecule has 0 amide bonds. The van der Waals surface area contributed by atoms with Gasteiger partial charge >= 0.3 is 17.9 Å². The molecule has 0 radical (unpaired) electrons. The minimum atomic E-state index is -5.25. The third-order valence-corrected chi connectivity index (χ3v) is 1.55. The van der Waals surface area contributed by atoms with E-state index in [0.29, 0.717) is 12.3 Å². The van der Waals surface area contributed by atoms with Crippen molar-refractivity contribution in [2.45, 2.75) is 12.8 Å². The summed E-state index contributed by atoms with van der Waals surface area (Å²) in [5, 5.41) is 10.4. The summed E-state index contributed by atoms with van der Waals surface area (Å²) in [6.07, 6.45) is -8.00. The number of aromatic nitrogens is 1. The zero-order valence-electron chi connectivity index (χ0n) is 7.74. The summed E-state index contributed by atoms with van der Waals surface area (Å²) < 4.78 is 63.4. The van der Waals surface area contributed by atoms with Crippen LogP contribution in [-0.4, -0.2) is 16.3 Å². The van der Waals surface area contributed by atoms with Gasteiger partial charge in [0.2, 0.25) is 0 Å². The lowest BCUT2D eigenvalue weighted by atomic mass is 10.2. The van der Waals surface area contributed by atoms with Crippen LogP contribution in [0.25, 0.3) is 0 Å². The minimum Gasteiger partial charge on any atom is -0.381 e. The molecular formula is C7H3F5N2O3. The molecule has 0 aliphatic carbocycles. The fourth-order valence-corrected chi connectivity index (χ4v) is 0.993. The number of alkyl halides is 5. The van der Waals surface area contributed by atoms with Crippen molar-refractivity contribution < 1.29 is 31.6 Å². The van der Waals surface area contributed by atoms with Gasteiger partial charge in [-0.25, -0.2) is 13.8 Å². The van der Waals surface area contributed by atoms with Crippen molar-refractivity contribution in [1.82, 2.24) is 4.98 Å². The van der Waals surface area contributed by atoms with Crippen molar-refractivity contribution in [2.75, 3.05) is 0 Å². The molecule has 94 valence electrons. The van der Waals surface area contributed by atoms with Gasteiger partial charge in [0.1, 0.15) is 5.56 Å². The molecule has 0 saturated heterocycles. The standard InChI is InChI=1S/C7H3F5N2O3/c8-5(9)3-1-2-13-6(4(3)14(15)16)17-7(10,11)12/h1-2,5H. The highest BCUT2D eigenvalue weighted by atomic mass is 19.4. The Bertz CT molecular complexity index is 434.